The molecule has 1 aromatic carbocycles. The van der Waals surface area contributed by atoms with E-state index < -0.39 is 30.7 Å². The zero-order chi connectivity index (χ0) is 15.6. The van der Waals surface area contributed by atoms with Crippen LogP contribution in [0.3, 0.4) is 0 Å². The average Bonchev–Trinajstić information content (AvgIpc) is 2.42. The summed E-state index contributed by atoms with van der Waals surface area (Å²) in [6, 6.07) is 6.87. The highest BCUT2D eigenvalue weighted by molar-refractivity contribution is 5.76. The smallest absolute Gasteiger partial charge is 0.405 e. The molecule has 4 nitrogen and oxygen atoms in total. The normalized spacial score (nSPS) is 20.4. The van der Waals surface area contributed by atoms with Gasteiger partial charge in [0.15, 0.2) is 5.92 Å². The molecule has 21 heavy (non-hydrogen) atoms. The molecule has 1 aromatic rings. The largest absolute Gasteiger partial charge is 0.480 e. The van der Waals surface area contributed by atoms with E-state index >= 15 is 0 Å². The molecular formula is C14H13F3N2O2. The van der Waals surface area contributed by atoms with E-state index in [1.807, 2.05) is 0 Å². The zero-order valence-corrected chi connectivity index (χ0v) is 11.0. The highest BCUT2D eigenvalue weighted by atomic mass is 19.4. The van der Waals surface area contributed by atoms with Crippen LogP contribution in [-0.4, -0.2) is 35.2 Å². The average molecular weight is 298 g/mol. The molecule has 2 unspecified atom stereocenters. The molecule has 2 rings (SSSR count). The predicted octanol–water partition coefficient (Wildman–Crippen LogP) is 2.37. The van der Waals surface area contributed by atoms with Crippen molar-refractivity contribution < 1.29 is 23.1 Å². The van der Waals surface area contributed by atoms with Crippen LogP contribution in [0.1, 0.15) is 17.2 Å². The van der Waals surface area contributed by atoms with Crippen molar-refractivity contribution in [1.29, 1.82) is 5.26 Å². The molecule has 1 aliphatic rings. The van der Waals surface area contributed by atoms with E-state index in [9.17, 15) is 23.1 Å². The highest BCUT2D eigenvalue weighted by Crippen LogP contribution is 2.33. The molecule has 7 heteroatoms. The van der Waals surface area contributed by atoms with Gasteiger partial charge in [-0.1, -0.05) is 24.3 Å². The summed E-state index contributed by atoms with van der Waals surface area (Å²) in [4.78, 5) is 12.7. The maximum absolute atomic E-state index is 12.7. The standard InChI is InChI=1S/C14H13F3N2O2/c15-14(16,17)10(7-18)8-19-6-5-9-3-1-2-4-11(9)12(19)13(20)21/h1-4,10,12H,5-6,8H2,(H,20,21). The second kappa shape index (κ2) is 5.74. The highest BCUT2D eigenvalue weighted by Gasteiger charge is 2.43. The number of nitriles is 1. The number of alkyl halides is 3. The Kier molecular flexibility index (Phi) is 4.19. The third kappa shape index (κ3) is 3.16. The summed E-state index contributed by atoms with van der Waals surface area (Å²) in [5.41, 5.74) is 1.32. The first kappa shape index (κ1) is 15.3. The number of carboxylic acids is 1. The van der Waals surface area contributed by atoms with E-state index in [0.29, 0.717) is 12.0 Å². The predicted molar refractivity (Wildman–Crippen MR) is 67.3 cm³/mol. The van der Waals surface area contributed by atoms with Gasteiger partial charge in [-0.15, -0.1) is 0 Å². The molecule has 0 bridgehead atoms. The Morgan fingerprint density at radius 3 is 2.71 bits per heavy atom. The van der Waals surface area contributed by atoms with Crippen molar-refractivity contribution in [3.8, 4) is 6.07 Å². The Bertz CT molecular complexity index is 580. The molecule has 2 atom stereocenters. The van der Waals surface area contributed by atoms with Crippen LogP contribution >= 0.6 is 0 Å². The number of rotatable bonds is 3. The van der Waals surface area contributed by atoms with E-state index in [0.717, 1.165) is 5.56 Å². The van der Waals surface area contributed by atoms with Crippen molar-refractivity contribution >= 4 is 5.97 Å². The maximum atomic E-state index is 12.7. The Balaban J connectivity index is 2.29. The number of carboxylic acid groups (broad SMARTS) is 1. The minimum atomic E-state index is -4.66. The summed E-state index contributed by atoms with van der Waals surface area (Å²) < 4.78 is 38.1. The lowest BCUT2D eigenvalue weighted by Crippen LogP contribution is -2.44. The molecule has 1 N–H and O–H groups in total. The van der Waals surface area contributed by atoms with Gasteiger partial charge in [0, 0.05) is 13.1 Å². The lowest BCUT2D eigenvalue weighted by molar-refractivity contribution is -0.168. The van der Waals surface area contributed by atoms with Gasteiger partial charge in [0.2, 0.25) is 0 Å². The number of halogens is 3. The summed E-state index contributed by atoms with van der Waals surface area (Å²) in [5.74, 6) is -3.40. The van der Waals surface area contributed by atoms with Crippen LogP contribution in [0.5, 0.6) is 0 Å². The van der Waals surface area contributed by atoms with Gasteiger partial charge in [0.05, 0.1) is 6.07 Å². The molecule has 0 saturated heterocycles. The molecule has 0 saturated carbocycles. The van der Waals surface area contributed by atoms with Gasteiger partial charge in [-0.3, -0.25) is 9.69 Å². The molecule has 112 valence electrons. The number of aliphatic carboxylic acids is 1. The van der Waals surface area contributed by atoms with Crippen molar-refractivity contribution in [3.05, 3.63) is 35.4 Å². The minimum Gasteiger partial charge on any atom is -0.480 e. The van der Waals surface area contributed by atoms with Gasteiger partial charge in [-0.25, -0.2) is 0 Å². The fourth-order valence-corrected chi connectivity index (χ4v) is 2.56. The molecular weight excluding hydrogens is 285 g/mol. The van der Waals surface area contributed by atoms with Crippen LogP contribution in [0, 0.1) is 17.2 Å². The van der Waals surface area contributed by atoms with Crippen molar-refractivity contribution in [1.82, 2.24) is 4.90 Å². The first-order valence-electron chi connectivity index (χ1n) is 6.35. The van der Waals surface area contributed by atoms with E-state index in [2.05, 4.69) is 0 Å². The number of nitrogens with zero attached hydrogens (tertiary/aromatic N) is 2. The van der Waals surface area contributed by atoms with Crippen LogP contribution in [-0.2, 0) is 11.2 Å². The second-order valence-corrected chi connectivity index (χ2v) is 4.91. The van der Waals surface area contributed by atoms with Crippen LogP contribution in [0.4, 0.5) is 13.2 Å². The Morgan fingerprint density at radius 2 is 2.14 bits per heavy atom. The molecule has 0 aliphatic carbocycles. The summed E-state index contributed by atoms with van der Waals surface area (Å²) in [5, 5.41) is 18.0. The van der Waals surface area contributed by atoms with Gasteiger partial charge in [-0.2, -0.15) is 18.4 Å². The van der Waals surface area contributed by atoms with Crippen LogP contribution in [0.2, 0.25) is 0 Å². The third-order valence-electron chi connectivity index (χ3n) is 3.59. The first-order valence-corrected chi connectivity index (χ1v) is 6.35. The quantitative estimate of drug-likeness (QED) is 0.930. The zero-order valence-electron chi connectivity index (χ0n) is 11.0. The fraction of sp³-hybridized carbons (Fsp3) is 0.429. The molecule has 0 radical (unpaired) electrons. The lowest BCUT2D eigenvalue weighted by Gasteiger charge is -2.35. The molecule has 0 spiro atoms. The number of benzene rings is 1. The molecule has 0 aromatic heterocycles. The van der Waals surface area contributed by atoms with Gasteiger partial charge in [-0.05, 0) is 17.5 Å². The van der Waals surface area contributed by atoms with E-state index in [1.165, 1.54) is 11.0 Å². The van der Waals surface area contributed by atoms with Crippen molar-refractivity contribution in [2.45, 2.75) is 18.6 Å². The Hall–Kier alpha value is -2.07. The summed E-state index contributed by atoms with van der Waals surface area (Å²) in [7, 11) is 0. The van der Waals surface area contributed by atoms with Crippen LogP contribution in [0.25, 0.3) is 0 Å². The number of hydrogen-bond acceptors (Lipinski definition) is 3. The van der Waals surface area contributed by atoms with E-state index in [4.69, 9.17) is 5.26 Å². The van der Waals surface area contributed by atoms with Crippen LogP contribution in [0.15, 0.2) is 24.3 Å². The monoisotopic (exact) mass is 298 g/mol. The number of carbonyl (C=O) groups is 1. The fourth-order valence-electron chi connectivity index (χ4n) is 2.56. The van der Waals surface area contributed by atoms with Gasteiger partial charge >= 0.3 is 12.1 Å². The van der Waals surface area contributed by atoms with Gasteiger partial charge in [0.1, 0.15) is 6.04 Å². The Labute approximate surface area is 119 Å². The van der Waals surface area contributed by atoms with Crippen LogP contribution < -0.4 is 0 Å². The lowest BCUT2D eigenvalue weighted by atomic mass is 9.91. The molecule has 1 heterocycles. The Morgan fingerprint density at radius 1 is 1.48 bits per heavy atom. The summed E-state index contributed by atoms with van der Waals surface area (Å²) in [6.07, 6.45) is -4.19. The van der Waals surface area contributed by atoms with Crippen molar-refractivity contribution in [3.63, 3.8) is 0 Å². The molecule has 0 fully saturated rings. The van der Waals surface area contributed by atoms with Gasteiger partial charge in [0.25, 0.3) is 0 Å². The summed E-state index contributed by atoms with van der Waals surface area (Å²) >= 11 is 0. The van der Waals surface area contributed by atoms with Crippen molar-refractivity contribution in [2.24, 2.45) is 5.92 Å². The van der Waals surface area contributed by atoms with Gasteiger partial charge < -0.3 is 5.11 Å². The number of hydrogen-bond donors (Lipinski definition) is 1. The molecule has 0 amide bonds. The van der Waals surface area contributed by atoms with Crippen molar-refractivity contribution in [2.75, 3.05) is 13.1 Å². The maximum Gasteiger partial charge on any atom is 0.405 e. The van der Waals surface area contributed by atoms with E-state index in [-0.39, 0.29) is 6.54 Å². The topological polar surface area (TPSA) is 64.3 Å². The SMILES string of the molecule is N#CC(CN1CCc2ccccc2C1C(=O)O)C(F)(F)F. The molecule has 1 aliphatic heterocycles. The third-order valence-corrected chi connectivity index (χ3v) is 3.59. The first-order chi connectivity index (χ1) is 9.84. The van der Waals surface area contributed by atoms with E-state index in [1.54, 1.807) is 24.3 Å². The second-order valence-electron chi connectivity index (χ2n) is 4.91. The number of fused-ring (bicyclic) bond motifs is 1. The summed E-state index contributed by atoms with van der Waals surface area (Å²) in [6.45, 7) is -0.451. The minimum absolute atomic E-state index is 0.183.